The minimum Gasteiger partial charge on any atom is -0.370 e. The Bertz CT molecular complexity index is 345. The van der Waals surface area contributed by atoms with E-state index in [1.54, 1.807) is 0 Å². The van der Waals surface area contributed by atoms with Crippen LogP contribution in [0.4, 0.5) is 5.69 Å². The third-order valence-corrected chi connectivity index (χ3v) is 2.31. The molecule has 0 saturated carbocycles. The third kappa shape index (κ3) is 3.93. The number of guanidine groups is 1. The molecular formula is C13H21N3. The van der Waals surface area contributed by atoms with Gasteiger partial charge in [-0.3, -0.25) is 4.99 Å². The number of aliphatic imine (C=N–C) groups is 1. The predicted molar refractivity (Wildman–Crippen MR) is 70.8 cm³/mol. The Balaban J connectivity index is 2.72. The summed E-state index contributed by atoms with van der Waals surface area (Å²) < 4.78 is 0. The topological polar surface area (TPSA) is 50.4 Å². The monoisotopic (exact) mass is 219 g/mol. The van der Waals surface area contributed by atoms with Gasteiger partial charge in [-0.1, -0.05) is 38.5 Å². The first kappa shape index (κ1) is 12.6. The standard InChI is InChI=1S/C13H21N3/c1-3-7-11-8-5-6-9-12(11)16-13(14)15-10-4-2/h5-6,8-9H,3-4,7,10H2,1-2H3,(H3,14,15,16). The van der Waals surface area contributed by atoms with Crippen molar-refractivity contribution in [1.29, 1.82) is 0 Å². The van der Waals surface area contributed by atoms with Gasteiger partial charge in [0, 0.05) is 12.2 Å². The Kier molecular flexibility index (Phi) is 5.40. The number of aryl methyl sites for hydroxylation is 1. The van der Waals surface area contributed by atoms with E-state index < -0.39 is 0 Å². The van der Waals surface area contributed by atoms with Gasteiger partial charge in [0.2, 0.25) is 0 Å². The van der Waals surface area contributed by atoms with Crippen LogP contribution in [0, 0.1) is 0 Å². The van der Waals surface area contributed by atoms with Gasteiger partial charge in [-0.05, 0) is 24.5 Å². The van der Waals surface area contributed by atoms with Crippen LogP contribution in [0.25, 0.3) is 0 Å². The maximum absolute atomic E-state index is 5.80. The summed E-state index contributed by atoms with van der Waals surface area (Å²) in [6.07, 6.45) is 3.20. The lowest BCUT2D eigenvalue weighted by Gasteiger charge is -2.10. The van der Waals surface area contributed by atoms with Crippen LogP contribution in [0.15, 0.2) is 29.3 Å². The summed E-state index contributed by atoms with van der Waals surface area (Å²) in [7, 11) is 0. The number of nitrogens with one attached hydrogen (secondary N) is 1. The van der Waals surface area contributed by atoms with Crippen LogP contribution >= 0.6 is 0 Å². The first-order chi connectivity index (χ1) is 7.77. The molecule has 0 fully saturated rings. The molecule has 0 heterocycles. The average molecular weight is 219 g/mol. The summed E-state index contributed by atoms with van der Waals surface area (Å²) >= 11 is 0. The van der Waals surface area contributed by atoms with E-state index in [-0.39, 0.29) is 0 Å². The van der Waals surface area contributed by atoms with Crippen molar-refractivity contribution >= 4 is 11.6 Å². The fourth-order valence-electron chi connectivity index (χ4n) is 1.54. The van der Waals surface area contributed by atoms with Crippen LogP contribution < -0.4 is 11.1 Å². The number of nitrogens with zero attached hydrogens (tertiary/aromatic N) is 1. The second kappa shape index (κ2) is 6.88. The average Bonchev–Trinajstić information content (AvgIpc) is 2.29. The molecule has 0 aliphatic rings. The normalized spacial score (nSPS) is 11.5. The van der Waals surface area contributed by atoms with Crippen molar-refractivity contribution in [2.45, 2.75) is 33.1 Å². The Hall–Kier alpha value is -1.51. The molecule has 0 unspecified atom stereocenters. The molecule has 0 saturated heterocycles. The van der Waals surface area contributed by atoms with E-state index in [4.69, 9.17) is 5.73 Å². The third-order valence-electron chi connectivity index (χ3n) is 2.31. The first-order valence-corrected chi connectivity index (χ1v) is 5.92. The van der Waals surface area contributed by atoms with Gasteiger partial charge in [-0.25, -0.2) is 0 Å². The Morgan fingerprint density at radius 2 is 2.00 bits per heavy atom. The maximum atomic E-state index is 5.80. The fraction of sp³-hybridized carbons (Fsp3) is 0.462. The molecule has 1 aromatic carbocycles. The number of hydrogen-bond acceptors (Lipinski definition) is 1. The van der Waals surface area contributed by atoms with Crippen LogP contribution in [0.5, 0.6) is 0 Å². The van der Waals surface area contributed by atoms with Crippen molar-refractivity contribution in [3.63, 3.8) is 0 Å². The highest BCUT2D eigenvalue weighted by molar-refractivity contribution is 5.92. The summed E-state index contributed by atoms with van der Waals surface area (Å²) in [6, 6.07) is 8.22. The molecule has 0 spiro atoms. The lowest BCUT2D eigenvalue weighted by atomic mass is 10.1. The summed E-state index contributed by atoms with van der Waals surface area (Å²) in [5.41, 5.74) is 8.16. The minimum atomic E-state index is 0.505. The van der Waals surface area contributed by atoms with E-state index in [2.05, 4.69) is 36.3 Å². The van der Waals surface area contributed by atoms with Gasteiger partial charge in [0.25, 0.3) is 0 Å². The molecule has 88 valence electrons. The lowest BCUT2D eigenvalue weighted by Crippen LogP contribution is -2.23. The van der Waals surface area contributed by atoms with Crippen molar-refractivity contribution in [1.82, 2.24) is 0 Å². The zero-order valence-electron chi connectivity index (χ0n) is 10.2. The molecule has 16 heavy (non-hydrogen) atoms. The molecule has 0 atom stereocenters. The molecule has 3 heteroatoms. The van der Waals surface area contributed by atoms with Crippen molar-refractivity contribution in [3.8, 4) is 0 Å². The van der Waals surface area contributed by atoms with Gasteiger partial charge >= 0.3 is 0 Å². The molecule has 1 rings (SSSR count). The Morgan fingerprint density at radius 1 is 1.25 bits per heavy atom. The Labute approximate surface area is 97.8 Å². The summed E-state index contributed by atoms with van der Waals surface area (Å²) in [5, 5.41) is 3.16. The molecule has 0 amide bonds. The molecule has 0 radical (unpaired) electrons. The van der Waals surface area contributed by atoms with Crippen LogP contribution in [-0.2, 0) is 6.42 Å². The van der Waals surface area contributed by atoms with E-state index >= 15 is 0 Å². The quantitative estimate of drug-likeness (QED) is 0.591. The number of nitrogens with two attached hydrogens (primary N) is 1. The van der Waals surface area contributed by atoms with Crippen LogP contribution in [-0.4, -0.2) is 12.5 Å². The van der Waals surface area contributed by atoms with Crippen molar-refractivity contribution < 1.29 is 0 Å². The minimum absolute atomic E-state index is 0.505. The number of para-hydroxylation sites is 1. The molecule has 0 aliphatic heterocycles. The van der Waals surface area contributed by atoms with Gasteiger partial charge in [-0.15, -0.1) is 0 Å². The largest absolute Gasteiger partial charge is 0.370 e. The maximum Gasteiger partial charge on any atom is 0.193 e. The second-order valence-corrected chi connectivity index (χ2v) is 3.80. The van der Waals surface area contributed by atoms with E-state index in [0.29, 0.717) is 5.96 Å². The molecular weight excluding hydrogens is 198 g/mol. The molecule has 0 bridgehead atoms. The van der Waals surface area contributed by atoms with Crippen molar-refractivity contribution in [2.75, 3.05) is 11.9 Å². The zero-order chi connectivity index (χ0) is 11.8. The van der Waals surface area contributed by atoms with Crippen molar-refractivity contribution in [2.24, 2.45) is 10.7 Å². The predicted octanol–water partition coefficient (Wildman–Crippen LogP) is 2.78. The smallest absolute Gasteiger partial charge is 0.193 e. The second-order valence-electron chi connectivity index (χ2n) is 3.80. The number of anilines is 1. The first-order valence-electron chi connectivity index (χ1n) is 5.92. The SMILES string of the molecule is CCCN=C(N)Nc1ccccc1CCC. The molecule has 1 aromatic rings. The highest BCUT2D eigenvalue weighted by atomic mass is 15.1. The molecule has 3 nitrogen and oxygen atoms in total. The molecule has 3 N–H and O–H groups in total. The van der Waals surface area contributed by atoms with Gasteiger partial charge in [0.1, 0.15) is 0 Å². The number of rotatable bonds is 5. The zero-order valence-corrected chi connectivity index (χ0v) is 10.2. The van der Waals surface area contributed by atoms with E-state index in [1.807, 2.05) is 12.1 Å². The summed E-state index contributed by atoms with van der Waals surface area (Å²) in [4.78, 5) is 4.22. The van der Waals surface area contributed by atoms with E-state index in [9.17, 15) is 0 Å². The number of hydrogen-bond donors (Lipinski definition) is 2. The van der Waals surface area contributed by atoms with Crippen LogP contribution in [0.1, 0.15) is 32.3 Å². The van der Waals surface area contributed by atoms with Gasteiger partial charge < -0.3 is 11.1 Å². The number of benzene rings is 1. The fourth-order valence-corrected chi connectivity index (χ4v) is 1.54. The summed E-state index contributed by atoms with van der Waals surface area (Å²) in [5.74, 6) is 0.505. The van der Waals surface area contributed by atoms with Gasteiger partial charge in [0.05, 0.1) is 0 Å². The van der Waals surface area contributed by atoms with Crippen LogP contribution in [0.3, 0.4) is 0 Å². The molecule has 0 aromatic heterocycles. The summed E-state index contributed by atoms with van der Waals surface area (Å²) in [6.45, 7) is 5.03. The van der Waals surface area contributed by atoms with Crippen LogP contribution in [0.2, 0.25) is 0 Å². The lowest BCUT2D eigenvalue weighted by molar-refractivity contribution is 0.920. The van der Waals surface area contributed by atoms with Gasteiger partial charge in [-0.2, -0.15) is 0 Å². The highest BCUT2D eigenvalue weighted by Crippen LogP contribution is 2.16. The van der Waals surface area contributed by atoms with Gasteiger partial charge in [0.15, 0.2) is 5.96 Å². The highest BCUT2D eigenvalue weighted by Gasteiger charge is 2.01. The van der Waals surface area contributed by atoms with E-state index in [1.165, 1.54) is 5.56 Å². The van der Waals surface area contributed by atoms with Crippen molar-refractivity contribution in [3.05, 3.63) is 29.8 Å². The van der Waals surface area contributed by atoms with E-state index in [0.717, 1.165) is 31.5 Å². The molecule has 0 aliphatic carbocycles. The Morgan fingerprint density at radius 3 is 2.69 bits per heavy atom.